The van der Waals surface area contributed by atoms with Crippen LogP contribution < -0.4 is 10.9 Å². The predicted molar refractivity (Wildman–Crippen MR) is 68.8 cm³/mol. The Bertz CT molecular complexity index is 395. The molecule has 6 heteroatoms. The lowest BCUT2D eigenvalue weighted by Crippen LogP contribution is -2.42. The van der Waals surface area contributed by atoms with Gasteiger partial charge in [-0.2, -0.15) is 5.10 Å². The average molecular weight is 254 g/mol. The molecule has 6 nitrogen and oxygen atoms in total. The lowest BCUT2D eigenvalue weighted by atomic mass is 10.2. The smallest absolute Gasteiger partial charge is 0.422 e. The summed E-state index contributed by atoms with van der Waals surface area (Å²) in [5, 5.41) is 4.17. The van der Waals surface area contributed by atoms with E-state index in [1.807, 2.05) is 45.5 Å². The van der Waals surface area contributed by atoms with Crippen molar-refractivity contribution in [2.24, 2.45) is 0 Å². The van der Waals surface area contributed by atoms with Gasteiger partial charge < -0.3 is 4.74 Å². The summed E-state index contributed by atoms with van der Waals surface area (Å²) in [5.74, 6) is 0. The number of ether oxygens (including phenoxy) is 1. The van der Waals surface area contributed by atoms with Crippen molar-refractivity contribution in [1.29, 1.82) is 0 Å². The molecule has 1 rings (SSSR count). The van der Waals surface area contributed by atoms with E-state index in [1.54, 1.807) is 6.20 Å². The van der Waals surface area contributed by atoms with Crippen LogP contribution in [0.5, 0.6) is 0 Å². The van der Waals surface area contributed by atoms with E-state index in [0.29, 0.717) is 0 Å². The highest BCUT2D eigenvalue weighted by Gasteiger charge is 2.16. The maximum atomic E-state index is 11.4. The largest absolute Gasteiger partial charge is 0.443 e. The molecule has 1 aromatic rings. The first-order chi connectivity index (χ1) is 8.31. The highest BCUT2D eigenvalue weighted by atomic mass is 16.6. The van der Waals surface area contributed by atoms with E-state index in [-0.39, 0.29) is 6.04 Å². The fraction of sp³-hybridized carbons (Fsp3) is 0.667. The van der Waals surface area contributed by atoms with Gasteiger partial charge in [-0.15, -0.1) is 0 Å². The minimum absolute atomic E-state index is 0.0298. The van der Waals surface area contributed by atoms with Crippen LogP contribution in [0.3, 0.4) is 0 Å². The monoisotopic (exact) mass is 254 g/mol. The zero-order valence-electron chi connectivity index (χ0n) is 11.7. The Labute approximate surface area is 108 Å². The third kappa shape index (κ3) is 4.75. The van der Waals surface area contributed by atoms with Crippen molar-refractivity contribution in [1.82, 2.24) is 20.6 Å². The van der Waals surface area contributed by atoms with Gasteiger partial charge in [-0.05, 0) is 34.6 Å². The molecule has 0 fully saturated rings. The summed E-state index contributed by atoms with van der Waals surface area (Å²) in [4.78, 5) is 11.4. The molecule has 0 aliphatic heterocycles. The molecule has 0 aromatic carbocycles. The molecule has 0 saturated heterocycles. The Kier molecular flexibility index (Phi) is 4.72. The predicted octanol–water partition coefficient (Wildman–Crippen LogP) is 1.99. The molecule has 0 saturated carbocycles. The maximum absolute atomic E-state index is 11.4. The molecule has 0 aliphatic rings. The molecular weight excluding hydrogens is 232 g/mol. The van der Waals surface area contributed by atoms with Crippen LogP contribution >= 0.6 is 0 Å². The summed E-state index contributed by atoms with van der Waals surface area (Å²) in [6.45, 7) is 10.2. The quantitative estimate of drug-likeness (QED) is 0.806. The van der Waals surface area contributed by atoms with E-state index in [4.69, 9.17) is 4.74 Å². The van der Waals surface area contributed by atoms with Crippen LogP contribution in [0, 0.1) is 0 Å². The van der Waals surface area contributed by atoms with Gasteiger partial charge >= 0.3 is 6.09 Å². The molecule has 102 valence electrons. The van der Waals surface area contributed by atoms with E-state index < -0.39 is 11.7 Å². The van der Waals surface area contributed by atoms with Gasteiger partial charge in [-0.3, -0.25) is 10.1 Å². The van der Waals surface area contributed by atoms with Crippen molar-refractivity contribution >= 4 is 6.09 Å². The Morgan fingerprint density at radius 3 is 2.72 bits per heavy atom. The van der Waals surface area contributed by atoms with Crippen molar-refractivity contribution in [3.8, 4) is 0 Å². The molecule has 1 unspecified atom stereocenters. The molecule has 18 heavy (non-hydrogen) atoms. The molecule has 0 radical (unpaired) electrons. The summed E-state index contributed by atoms with van der Waals surface area (Å²) in [6.07, 6.45) is 3.23. The van der Waals surface area contributed by atoms with E-state index >= 15 is 0 Å². The van der Waals surface area contributed by atoms with Crippen molar-refractivity contribution < 1.29 is 9.53 Å². The highest BCUT2D eigenvalue weighted by molar-refractivity contribution is 5.67. The first-order valence-electron chi connectivity index (χ1n) is 6.08. The van der Waals surface area contributed by atoms with Gasteiger partial charge in [0.25, 0.3) is 0 Å². The number of nitrogens with zero attached hydrogens (tertiary/aromatic N) is 2. The summed E-state index contributed by atoms with van der Waals surface area (Å²) < 4.78 is 6.95. The van der Waals surface area contributed by atoms with Crippen LogP contribution in [0.25, 0.3) is 0 Å². The molecule has 1 amide bonds. The third-order valence-electron chi connectivity index (χ3n) is 2.27. The molecule has 0 bridgehead atoms. The topological polar surface area (TPSA) is 68.2 Å². The van der Waals surface area contributed by atoms with E-state index in [1.165, 1.54) is 0 Å². The third-order valence-corrected chi connectivity index (χ3v) is 2.27. The van der Waals surface area contributed by atoms with Crippen LogP contribution in [-0.2, 0) is 11.3 Å². The van der Waals surface area contributed by atoms with Crippen molar-refractivity contribution in [2.45, 2.75) is 52.8 Å². The molecule has 2 N–H and O–H groups in total. The SMILES string of the molecule is CCn1cc(C(C)NNC(=O)OC(C)(C)C)cn1. The van der Waals surface area contributed by atoms with Gasteiger partial charge in [-0.25, -0.2) is 10.2 Å². The fourth-order valence-electron chi connectivity index (χ4n) is 1.33. The number of aryl methyl sites for hydroxylation is 1. The Morgan fingerprint density at radius 2 is 2.22 bits per heavy atom. The zero-order valence-corrected chi connectivity index (χ0v) is 11.7. The van der Waals surface area contributed by atoms with Crippen LogP contribution in [0.2, 0.25) is 0 Å². The Hall–Kier alpha value is -1.56. The number of rotatable bonds is 4. The van der Waals surface area contributed by atoms with Crippen molar-refractivity contribution in [3.05, 3.63) is 18.0 Å². The molecule has 0 aliphatic carbocycles. The fourth-order valence-corrected chi connectivity index (χ4v) is 1.33. The average Bonchev–Trinajstić information content (AvgIpc) is 2.72. The lowest BCUT2D eigenvalue weighted by Gasteiger charge is -2.21. The molecule has 1 atom stereocenters. The van der Waals surface area contributed by atoms with Crippen LogP contribution in [-0.4, -0.2) is 21.5 Å². The second-order valence-electron chi connectivity index (χ2n) is 5.12. The number of carbonyl (C=O) groups excluding carboxylic acids is 1. The number of amides is 1. The number of carbonyl (C=O) groups is 1. The highest BCUT2D eigenvalue weighted by Crippen LogP contribution is 2.10. The number of hydrogen-bond donors (Lipinski definition) is 2. The Balaban J connectivity index is 2.41. The maximum Gasteiger partial charge on any atom is 0.422 e. The van der Waals surface area contributed by atoms with Gasteiger partial charge in [0.05, 0.1) is 12.2 Å². The zero-order chi connectivity index (χ0) is 13.8. The van der Waals surface area contributed by atoms with Gasteiger partial charge in [0.1, 0.15) is 5.60 Å². The second kappa shape index (κ2) is 5.86. The van der Waals surface area contributed by atoms with Crippen LogP contribution in [0.15, 0.2) is 12.4 Å². The number of aromatic nitrogens is 2. The first-order valence-corrected chi connectivity index (χ1v) is 6.08. The van der Waals surface area contributed by atoms with E-state index in [0.717, 1.165) is 12.1 Å². The van der Waals surface area contributed by atoms with Crippen molar-refractivity contribution in [2.75, 3.05) is 0 Å². The van der Waals surface area contributed by atoms with Gasteiger partial charge in [0.2, 0.25) is 0 Å². The van der Waals surface area contributed by atoms with E-state index in [9.17, 15) is 4.79 Å². The lowest BCUT2D eigenvalue weighted by molar-refractivity contribution is 0.0489. The van der Waals surface area contributed by atoms with Crippen LogP contribution in [0.4, 0.5) is 4.79 Å². The molecular formula is C12H22N4O2. The van der Waals surface area contributed by atoms with E-state index in [2.05, 4.69) is 16.0 Å². The van der Waals surface area contributed by atoms with Gasteiger partial charge in [0.15, 0.2) is 0 Å². The summed E-state index contributed by atoms with van der Waals surface area (Å²) in [5.41, 5.74) is 5.91. The molecule has 1 aromatic heterocycles. The first kappa shape index (κ1) is 14.5. The standard InChI is InChI=1S/C12H22N4O2/c1-6-16-8-10(7-13-16)9(2)14-15-11(17)18-12(3,4)5/h7-9,14H,6H2,1-5H3,(H,15,17). The normalized spacial score (nSPS) is 13.2. The summed E-state index contributed by atoms with van der Waals surface area (Å²) in [6, 6.07) is -0.0298. The van der Waals surface area contributed by atoms with Crippen molar-refractivity contribution in [3.63, 3.8) is 0 Å². The minimum Gasteiger partial charge on any atom is -0.443 e. The Morgan fingerprint density at radius 1 is 1.56 bits per heavy atom. The minimum atomic E-state index is -0.498. The molecule has 1 heterocycles. The number of nitrogens with one attached hydrogen (secondary N) is 2. The number of hydrogen-bond acceptors (Lipinski definition) is 4. The summed E-state index contributed by atoms with van der Waals surface area (Å²) >= 11 is 0. The molecule has 0 spiro atoms. The van der Waals surface area contributed by atoms with Gasteiger partial charge in [-0.1, -0.05) is 0 Å². The van der Waals surface area contributed by atoms with Crippen LogP contribution in [0.1, 0.15) is 46.2 Å². The summed E-state index contributed by atoms with van der Waals surface area (Å²) in [7, 11) is 0. The number of hydrazine groups is 1. The van der Waals surface area contributed by atoms with Gasteiger partial charge in [0, 0.05) is 18.3 Å². The second-order valence-corrected chi connectivity index (χ2v) is 5.12.